The Balaban J connectivity index is 0. The van der Waals surface area contributed by atoms with Crippen molar-refractivity contribution in [3.05, 3.63) is 0 Å². The van der Waals surface area contributed by atoms with Gasteiger partial charge in [-0.25, -0.2) is 8.78 Å². The molecule has 1 nitrogen and oxygen atoms in total. The zero-order chi connectivity index (χ0) is 11.8. The maximum absolute atomic E-state index is 12.4. The van der Waals surface area contributed by atoms with Gasteiger partial charge in [0.1, 0.15) is 0 Å². The fourth-order valence-electron chi connectivity index (χ4n) is 0.642. The van der Waals surface area contributed by atoms with Gasteiger partial charge in [0, 0.05) is 0 Å². The number of aliphatic hydroxyl groups excluding tert-OH is 1. The summed E-state index contributed by atoms with van der Waals surface area (Å²) in [6, 6.07) is 0. The number of alkyl halides is 8. The van der Waals surface area contributed by atoms with Crippen LogP contribution in [0.1, 0.15) is 0 Å². The molecule has 0 fully saturated rings. The molecule has 1 N–H and O–H groups in total. The molecule has 10 heteroatoms. The molecule has 0 heterocycles. The van der Waals surface area contributed by atoms with E-state index >= 15 is 0 Å². The molecule has 0 saturated heterocycles. The molecule has 0 radical (unpaired) electrons. The second kappa shape index (κ2) is 3.87. The van der Waals surface area contributed by atoms with Crippen LogP contribution >= 0.6 is 0 Å². The number of halogens is 8. The van der Waals surface area contributed by atoms with Gasteiger partial charge in [-0.15, -0.1) is 0 Å². The van der Waals surface area contributed by atoms with Crippen molar-refractivity contribution in [2.45, 2.75) is 24.2 Å². The van der Waals surface area contributed by atoms with Gasteiger partial charge >= 0.3 is 18.0 Å². The van der Waals surface area contributed by atoms with Gasteiger partial charge in [-0.05, 0) is 0 Å². The summed E-state index contributed by atoms with van der Waals surface area (Å²) >= 11 is 0. The molecule has 0 aromatic heterocycles. The first kappa shape index (κ1) is 15.9. The minimum Gasteiger partial charge on any atom is -0.393 e. The summed E-state index contributed by atoms with van der Waals surface area (Å²) in [4.78, 5) is 0. The van der Waals surface area contributed by atoms with Crippen LogP contribution in [-0.4, -0.2) is 35.9 Å². The quantitative estimate of drug-likeness (QED) is 0.578. The maximum atomic E-state index is 12.4. The molecular formula is C5H4F8ORf. The Morgan fingerprint density at radius 3 is 1.20 bits per heavy atom. The minimum atomic E-state index is -6.46. The Labute approximate surface area is 72.3 Å². The monoisotopic (exact) mass is 499 g/mol. The summed E-state index contributed by atoms with van der Waals surface area (Å²) in [5.41, 5.74) is -6.03. The molecule has 1 unspecified atom stereocenters. The first-order chi connectivity index (χ1) is 5.98. The summed E-state index contributed by atoms with van der Waals surface area (Å²) in [6.45, 7) is -2.21. The number of aliphatic hydroxyl groups is 1. The Bertz CT molecular complexity index is 184. The van der Waals surface area contributed by atoms with E-state index in [4.69, 9.17) is 5.11 Å². The number of hydrogen-bond acceptors (Lipinski definition) is 1. The summed E-state index contributed by atoms with van der Waals surface area (Å²) in [6.07, 6.45) is -17.0. The minimum absolute atomic E-state index is 0. The average Bonchev–Trinajstić information content (AvgIpc) is 1.97. The third-order valence-corrected chi connectivity index (χ3v) is 1.42. The van der Waals surface area contributed by atoms with Crippen LogP contribution in [0, 0.1) is 0 Å². The Morgan fingerprint density at radius 2 is 1.13 bits per heavy atom. The first-order valence-electron chi connectivity index (χ1n) is 3.05. The average molecular weight is 499 g/mol. The van der Waals surface area contributed by atoms with Crippen molar-refractivity contribution in [2.75, 3.05) is 6.61 Å². The van der Waals surface area contributed by atoms with E-state index in [1.54, 1.807) is 0 Å². The SMILES string of the molecule is OCC(F)C(F)(C(F)(F)F)C(F)(F)F.[Rf]. The van der Waals surface area contributed by atoms with Crippen molar-refractivity contribution in [3.8, 4) is 0 Å². The van der Waals surface area contributed by atoms with Crippen molar-refractivity contribution in [1.82, 2.24) is 0 Å². The van der Waals surface area contributed by atoms with Gasteiger partial charge in [0.2, 0.25) is 0 Å². The van der Waals surface area contributed by atoms with Crippen LogP contribution in [0.15, 0.2) is 0 Å². The smallest absolute Gasteiger partial charge is 0.393 e. The molecule has 0 amide bonds. The second-order valence-electron chi connectivity index (χ2n) is 2.36. The molecule has 0 saturated carbocycles. The van der Waals surface area contributed by atoms with Gasteiger partial charge < -0.3 is 5.11 Å². The summed E-state index contributed by atoms with van der Waals surface area (Å²) in [7, 11) is 0. The predicted octanol–water partition coefficient (Wildman–Crippen LogP) is 2.15. The third-order valence-electron chi connectivity index (χ3n) is 1.42. The topological polar surface area (TPSA) is 20.2 Å². The molecule has 0 spiro atoms. The standard InChI is InChI=1S/C5H4F8O.Rf/c6-2(1-14)3(7,4(8,9)10)5(11,12)13;/h2,14H,1H2;. The van der Waals surface area contributed by atoms with E-state index in [9.17, 15) is 35.1 Å². The third kappa shape index (κ3) is 2.25. The molecule has 1 atom stereocenters. The molecule has 0 bridgehead atoms. The maximum Gasteiger partial charge on any atom is 0.434 e. The summed E-state index contributed by atoms with van der Waals surface area (Å²) in [5.74, 6) is 0. The van der Waals surface area contributed by atoms with E-state index in [1.807, 2.05) is 0 Å². The van der Waals surface area contributed by atoms with E-state index in [1.165, 1.54) is 0 Å². The van der Waals surface area contributed by atoms with Crippen molar-refractivity contribution < 1.29 is 40.2 Å². The summed E-state index contributed by atoms with van der Waals surface area (Å²) < 4.78 is 94.1. The molecule has 0 aliphatic heterocycles. The largest absolute Gasteiger partial charge is 0.434 e. The molecule has 0 aromatic carbocycles. The molecule has 88 valence electrons. The van der Waals surface area contributed by atoms with Crippen LogP contribution in [0.2, 0.25) is 0 Å². The van der Waals surface area contributed by atoms with Crippen LogP contribution in [0.4, 0.5) is 35.1 Å². The molecular weight excluding hydrogens is 495 g/mol. The zero-order valence-corrected chi connectivity index (χ0v) is 13.4. The fourth-order valence-corrected chi connectivity index (χ4v) is 0.642. The van der Waals surface area contributed by atoms with E-state index in [0.717, 1.165) is 0 Å². The van der Waals surface area contributed by atoms with Crippen molar-refractivity contribution in [2.24, 2.45) is 0 Å². The molecule has 0 aliphatic rings. The first-order valence-corrected chi connectivity index (χ1v) is 3.05. The van der Waals surface area contributed by atoms with Gasteiger partial charge in [-0.2, -0.15) is 26.3 Å². The molecule has 0 rings (SSSR count). The van der Waals surface area contributed by atoms with Gasteiger partial charge in [-0.3, -0.25) is 0 Å². The van der Waals surface area contributed by atoms with E-state index in [0.29, 0.717) is 0 Å². The van der Waals surface area contributed by atoms with Gasteiger partial charge in [0.15, 0.2) is 6.17 Å². The second-order valence-corrected chi connectivity index (χ2v) is 2.36. The van der Waals surface area contributed by atoms with Crippen LogP contribution in [0.25, 0.3) is 0 Å². The summed E-state index contributed by atoms with van der Waals surface area (Å²) in [5, 5.41) is 7.78. The molecule has 15 heavy (non-hydrogen) atoms. The van der Waals surface area contributed by atoms with Crippen LogP contribution < -0.4 is 0 Å². The van der Waals surface area contributed by atoms with Crippen molar-refractivity contribution >= 4 is 0 Å². The van der Waals surface area contributed by atoms with E-state index in [-0.39, 0.29) is 0 Å². The number of rotatable bonds is 2. The molecule has 0 aliphatic carbocycles. The molecule has 0 aromatic rings. The van der Waals surface area contributed by atoms with Crippen molar-refractivity contribution in [1.29, 1.82) is 0 Å². The van der Waals surface area contributed by atoms with Crippen LogP contribution in [0.3, 0.4) is 0 Å². The fraction of sp³-hybridized carbons (Fsp3) is 1.00. The zero-order valence-electron chi connectivity index (χ0n) is 6.96. The van der Waals surface area contributed by atoms with Gasteiger partial charge in [0.05, 0.1) is 6.61 Å². The van der Waals surface area contributed by atoms with E-state index < -0.39 is 30.8 Å². The Hall–Kier alpha value is -1.60. The number of hydrogen-bond donors (Lipinski definition) is 1. The Kier molecular flexibility index (Phi) is 4.09. The predicted molar refractivity (Wildman–Crippen MR) is 27.9 cm³/mol. The van der Waals surface area contributed by atoms with Crippen LogP contribution in [-0.2, 0) is 0 Å². The Morgan fingerprint density at radius 1 is 0.867 bits per heavy atom. The van der Waals surface area contributed by atoms with Gasteiger partial charge in [0.25, 0.3) is 0 Å². The normalized spacial score (nSPS) is 15.8. The van der Waals surface area contributed by atoms with E-state index in [2.05, 4.69) is 0 Å². The van der Waals surface area contributed by atoms with Crippen molar-refractivity contribution in [3.63, 3.8) is 0 Å². The van der Waals surface area contributed by atoms with Crippen LogP contribution in [0.5, 0.6) is 0 Å². The van der Waals surface area contributed by atoms with Gasteiger partial charge in [-0.1, -0.05) is 0 Å².